The fourth-order valence-corrected chi connectivity index (χ4v) is 3.60. The van der Waals surface area contributed by atoms with E-state index in [9.17, 15) is 8.42 Å². The average molecular weight is 383 g/mol. The van der Waals surface area contributed by atoms with Crippen LogP contribution in [0.15, 0.2) is 57.8 Å². The molecule has 0 radical (unpaired) electrons. The smallest absolute Gasteiger partial charge is 0.272 e. The van der Waals surface area contributed by atoms with Crippen LogP contribution in [0.1, 0.15) is 11.4 Å². The third-order valence-corrected chi connectivity index (χ3v) is 5.31. The van der Waals surface area contributed by atoms with E-state index in [0.717, 1.165) is 40.8 Å². The van der Waals surface area contributed by atoms with Crippen LogP contribution in [0.5, 0.6) is 0 Å². The van der Waals surface area contributed by atoms with Gasteiger partial charge in [0.25, 0.3) is 5.82 Å². The van der Waals surface area contributed by atoms with E-state index in [1.54, 1.807) is 12.1 Å². The third kappa shape index (κ3) is 3.55. The molecule has 4 rings (SSSR count). The first kappa shape index (κ1) is 17.6. The molecular formula is C19H19N4O3S+. The van der Waals surface area contributed by atoms with Crippen LogP contribution in [0, 0.1) is 6.92 Å². The van der Waals surface area contributed by atoms with Crippen LogP contribution in [-0.4, -0.2) is 24.9 Å². The second kappa shape index (κ2) is 6.73. The zero-order chi connectivity index (χ0) is 19.0. The lowest BCUT2D eigenvalue weighted by Gasteiger charge is -2.04. The van der Waals surface area contributed by atoms with Crippen molar-refractivity contribution in [2.24, 2.45) is 5.14 Å². The molecule has 0 spiro atoms. The van der Waals surface area contributed by atoms with E-state index in [-0.39, 0.29) is 4.90 Å². The number of benzene rings is 2. The van der Waals surface area contributed by atoms with Crippen molar-refractivity contribution in [3.8, 4) is 0 Å². The Kier molecular flexibility index (Phi) is 4.39. The van der Waals surface area contributed by atoms with Crippen molar-refractivity contribution in [3.05, 3.63) is 59.9 Å². The molecule has 8 heteroatoms. The Hall–Kier alpha value is -2.81. The van der Waals surface area contributed by atoms with Gasteiger partial charge in [-0.2, -0.15) is 4.98 Å². The van der Waals surface area contributed by atoms with Crippen molar-refractivity contribution in [1.82, 2.24) is 9.97 Å². The Morgan fingerprint density at radius 1 is 1.07 bits per heavy atom. The van der Waals surface area contributed by atoms with Gasteiger partial charge < -0.3 is 4.42 Å². The minimum Gasteiger partial charge on any atom is -0.446 e. The number of hydrogen-bond donors (Lipinski definition) is 2. The van der Waals surface area contributed by atoms with Gasteiger partial charge in [-0.05, 0) is 36.8 Å². The maximum absolute atomic E-state index is 11.3. The van der Waals surface area contributed by atoms with Gasteiger partial charge in [0.2, 0.25) is 15.6 Å². The van der Waals surface area contributed by atoms with E-state index in [1.807, 2.05) is 36.5 Å². The molecule has 0 fully saturated rings. The number of aromatic nitrogens is 2. The van der Waals surface area contributed by atoms with Gasteiger partial charge in [-0.25, -0.2) is 18.5 Å². The van der Waals surface area contributed by atoms with Crippen molar-refractivity contribution >= 4 is 37.9 Å². The molecule has 138 valence electrons. The summed E-state index contributed by atoms with van der Waals surface area (Å²) < 4.78 is 28.6. The lowest BCUT2D eigenvalue weighted by molar-refractivity contribution is -0.573. The highest BCUT2D eigenvalue weighted by atomic mass is 32.2. The van der Waals surface area contributed by atoms with Crippen LogP contribution in [0.2, 0.25) is 0 Å². The Morgan fingerprint density at radius 2 is 1.81 bits per heavy atom. The molecule has 7 nitrogen and oxygen atoms in total. The number of rotatable bonds is 5. The molecule has 27 heavy (non-hydrogen) atoms. The number of furan rings is 1. The number of nitrogens with zero attached hydrogens (tertiary/aromatic N) is 2. The summed E-state index contributed by atoms with van der Waals surface area (Å²) >= 11 is 0. The van der Waals surface area contributed by atoms with Crippen LogP contribution in [0.25, 0.3) is 22.1 Å². The molecule has 2 aromatic carbocycles. The SMILES string of the molecule is Cc1nc([NH2+]CCc2ccc(S(N)(=O)=O)cc2)c2oc3ccccc3c2n1. The van der Waals surface area contributed by atoms with Crippen molar-refractivity contribution < 1.29 is 18.2 Å². The molecule has 0 atom stereocenters. The maximum atomic E-state index is 11.3. The van der Waals surface area contributed by atoms with Gasteiger partial charge >= 0.3 is 0 Å². The predicted octanol–water partition coefficient (Wildman–Crippen LogP) is 1.77. The molecule has 4 aromatic rings. The van der Waals surface area contributed by atoms with Crippen molar-refractivity contribution in [2.45, 2.75) is 18.2 Å². The fraction of sp³-hybridized carbons (Fsp3) is 0.158. The second-order valence-corrected chi connectivity index (χ2v) is 7.93. The summed E-state index contributed by atoms with van der Waals surface area (Å²) in [6, 6.07) is 14.4. The van der Waals surface area contributed by atoms with E-state index in [1.165, 1.54) is 12.1 Å². The van der Waals surface area contributed by atoms with E-state index in [2.05, 4.69) is 9.97 Å². The quantitative estimate of drug-likeness (QED) is 0.545. The Labute approximate surface area is 156 Å². The Morgan fingerprint density at radius 3 is 2.56 bits per heavy atom. The first-order valence-electron chi connectivity index (χ1n) is 8.53. The minimum absolute atomic E-state index is 0.116. The normalized spacial score (nSPS) is 12.1. The molecule has 4 N–H and O–H groups in total. The minimum atomic E-state index is -3.66. The summed E-state index contributed by atoms with van der Waals surface area (Å²) in [6.45, 7) is 2.60. The van der Waals surface area contributed by atoms with Gasteiger partial charge in [0.1, 0.15) is 16.9 Å². The summed E-state index contributed by atoms with van der Waals surface area (Å²) in [5.41, 5.74) is 3.32. The number of fused-ring (bicyclic) bond motifs is 3. The van der Waals surface area contributed by atoms with E-state index < -0.39 is 10.0 Å². The van der Waals surface area contributed by atoms with E-state index >= 15 is 0 Å². The van der Waals surface area contributed by atoms with Gasteiger partial charge in [0, 0.05) is 11.8 Å². The van der Waals surface area contributed by atoms with Crippen molar-refractivity contribution in [2.75, 3.05) is 6.54 Å². The number of para-hydroxylation sites is 1. The van der Waals surface area contributed by atoms with Gasteiger partial charge in [-0.15, -0.1) is 0 Å². The van der Waals surface area contributed by atoms with Crippen molar-refractivity contribution in [3.63, 3.8) is 0 Å². The van der Waals surface area contributed by atoms with Crippen LogP contribution in [0.4, 0.5) is 5.82 Å². The highest BCUT2D eigenvalue weighted by Crippen LogP contribution is 2.29. The van der Waals surface area contributed by atoms with Crippen LogP contribution in [0.3, 0.4) is 0 Å². The molecular weight excluding hydrogens is 364 g/mol. The average Bonchev–Trinajstić information content (AvgIpc) is 3.00. The lowest BCUT2D eigenvalue weighted by Crippen LogP contribution is -2.79. The molecule has 0 aliphatic rings. The van der Waals surface area contributed by atoms with Gasteiger partial charge in [0.05, 0.1) is 11.4 Å². The van der Waals surface area contributed by atoms with Gasteiger partial charge in [-0.1, -0.05) is 24.3 Å². The molecule has 0 saturated carbocycles. The fourth-order valence-electron chi connectivity index (χ4n) is 3.09. The topological polar surface area (TPSA) is 116 Å². The molecule has 0 amide bonds. The maximum Gasteiger partial charge on any atom is 0.272 e. The molecule has 0 aliphatic carbocycles. The molecule has 2 aromatic heterocycles. The van der Waals surface area contributed by atoms with Crippen molar-refractivity contribution in [1.29, 1.82) is 0 Å². The Balaban J connectivity index is 1.55. The number of primary sulfonamides is 1. The summed E-state index contributed by atoms with van der Waals surface area (Å²) in [6.07, 6.45) is 0.746. The number of sulfonamides is 1. The first-order chi connectivity index (χ1) is 12.9. The van der Waals surface area contributed by atoms with Gasteiger partial charge in [-0.3, -0.25) is 5.32 Å². The monoisotopic (exact) mass is 383 g/mol. The third-order valence-electron chi connectivity index (χ3n) is 4.38. The number of hydrogen-bond acceptors (Lipinski definition) is 5. The first-order valence-corrected chi connectivity index (χ1v) is 10.1. The highest BCUT2D eigenvalue weighted by Gasteiger charge is 2.17. The number of quaternary nitrogens is 1. The molecule has 0 bridgehead atoms. The summed E-state index contributed by atoms with van der Waals surface area (Å²) in [5.74, 6) is 1.47. The van der Waals surface area contributed by atoms with E-state index in [4.69, 9.17) is 9.56 Å². The van der Waals surface area contributed by atoms with E-state index in [0.29, 0.717) is 11.4 Å². The Bertz CT molecular complexity index is 1230. The van der Waals surface area contributed by atoms with Gasteiger partial charge in [0.15, 0.2) is 0 Å². The predicted molar refractivity (Wildman–Crippen MR) is 102 cm³/mol. The van der Waals surface area contributed by atoms with Crippen LogP contribution >= 0.6 is 0 Å². The zero-order valence-corrected chi connectivity index (χ0v) is 15.5. The standard InChI is InChI=1S/C19H18N4O3S/c1-12-22-17-15-4-2-3-5-16(15)26-18(17)19(23-12)21-11-10-13-6-8-14(9-7-13)27(20,24)25/h2-9H,10-11H2,1H3,(H2,20,24,25)(H,21,22,23)/p+1. The number of aryl methyl sites for hydroxylation is 1. The zero-order valence-electron chi connectivity index (χ0n) is 14.7. The molecule has 0 unspecified atom stereocenters. The molecule has 2 heterocycles. The lowest BCUT2D eigenvalue weighted by atomic mass is 10.1. The van der Waals surface area contributed by atoms with Crippen LogP contribution < -0.4 is 10.5 Å². The highest BCUT2D eigenvalue weighted by molar-refractivity contribution is 7.89. The largest absolute Gasteiger partial charge is 0.446 e. The summed E-state index contributed by atoms with van der Waals surface area (Å²) in [4.78, 5) is 9.16. The second-order valence-electron chi connectivity index (χ2n) is 6.36. The number of nitrogens with two attached hydrogens (primary N) is 2. The van der Waals surface area contributed by atoms with Crippen LogP contribution in [-0.2, 0) is 16.4 Å². The summed E-state index contributed by atoms with van der Waals surface area (Å²) in [7, 11) is -3.66. The molecule has 0 saturated heterocycles. The summed E-state index contributed by atoms with van der Waals surface area (Å²) in [5, 5.41) is 8.12. The molecule has 0 aliphatic heterocycles.